The molecule has 1 amide bonds. The van der Waals surface area contributed by atoms with E-state index in [-0.39, 0.29) is 12.0 Å². The minimum absolute atomic E-state index is 0.0760. The maximum absolute atomic E-state index is 13.8. The lowest BCUT2D eigenvalue weighted by molar-refractivity contribution is -0.118. The molecule has 0 saturated heterocycles. The number of aromatic amines is 1. The van der Waals surface area contributed by atoms with Gasteiger partial charge in [0.05, 0.1) is 47.4 Å². The lowest BCUT2D eigenvalue weighted by Gasteiger charge is -2.13. The van der Waals surface area contributed by atoms with Crippen LogP contribution in [-0.4, -0.2) is 42.1 Å². The van der Waals surface area contributed by atoms with E-state index in [4.69, 9.17) is 9.47 Å². The average Bonchev–Trinajstić information content (AvgIpc) is 3.27. The lowest BCUT2D eigenvalue weighted by atomic mass is 10.1. The summed E-state index contributed by atoms with van der Waals surface area (Å²) in [6.45, 7) is 6.32. The molecule has 5 aromatic rings. The molecule has 3 heterocycles. The van der Waals surface area contributed by atoms with Crippen molar-refractivity contribution in [2.45, 2.75) is 32.9 Å². The van der Waals surface area contributed by atoms with Gasteiger partial charge in [0.2, 0.25) is 15.9 Å². The molecule has 11 heteroatoms. The Kier molecular flexibility index (Phi) is 7.80. The van der Waals surface area contributed by atoms with E-state index in [0.717, 1.165) is 10.9 Å². The molecule has 0 spiro atoms. The second-order valence-electron chi connectivity index (χ2n) is 9.51. The molecule has 0 aliphatic rings. The van der Waals surface area contributed by atoms with Crippen molar-refractivity contribution in [3.63, 3.8) is 0 Å². The lowest BCUT2D eigenvalue weighted by Crippen LogP contribution is -2.32. The first-order valence-electron chi connectivity index (χ1n) is 13.2. The van der Waals surface area contributed by atoms with E-state index in [1.165, 1.54) is 4.57 Å². The largest absolute Gasteiger partial charge is 0.492 e. The Morgan fingerprint density at radius 2 is 1.73 bits per heavy atom. The van der Waals surface area contributed by atoms with Crippen molar-refractivity contribution >= 4 is 37.6 Å². The minimum atomic E-state index is -3.94. The standard InChI is InChI=1S/C30H30N4O6S/c1-4-39-28-22-7-6-12-32-27(22)29(40-5-2)23-17-34(30(36)26(23)28)24-9-8-21(15-19(24)3)18-41(37,38)33-25(35)16-20-10-13-31-14-11-20/h6-15,17,32H,4-5,16,18H2,1-3H3,(H,33,35). The highest BCUT2D eigenvalue weighted by atomic mass is 32.2. The number of fused-ring (bicyclic) bond motifs is 2. The van der Waals surface area contributed by atoms with E-state index < -0.39 is 21.7 Å². The summed E-state index contributed by atoms with van der Waals surface area (Å²) in [6, 6.07) is 12.1. The summed E-state index contributed by atoms with van der Waals surface area (Å²) in [7, 11) is -3.94. The van der Waals surface area contributed by atoms with Gasteiger partial charge in [-0.1, -0.05) is 12.1 Å². The Hall–Kier alpha value is -4.64. The number of hydrogen-bond acceptors (Lipinski definition) is 7. The Morgan fingerprint density at radius 3 is 2.44 bits per heavy atom. The van der Waals surface area contributed by atoms with Gasteiger partial charge < -0.3 is 14.5 Å². The SMILES string of the molecule is CCOc1c2cn(-c3ccc(CS(=O)(=O)NC(=O)Cc4ccncc4)cc3C)c(=O)c2c(OCC)c2ccc[nH]c12. The van der Waals surface area contributed by atoms with Gasteiger partial charge in [-0.3, -0.25) is 23.9 Å². The van der Waals surface area contributed by atoms with Crippen LogP contribution in [0.2, 0.25) is 0 Å². The number of rotatable bonds is 10. The zero-order valence-corrected chi connectivity index (χ0v) is 23.7. The monoisotopic (exact) mass is 574 g/mol. The van der Waals surface area contributed by atoms with Crippen LogP contribution in [0.1, 0.15) is 30.5 Å². The summed E-state index contributed by atoms with van der Waals surface area (Å²) in [5, 5.41) is 1.76. The normalized spacial score (nSPS) is 11.6. The highest BCUT2D eigenvalue weighted by Gasteiger charge is 2.23. The molecule has 212 valence electrons. The number of benzene rings is 2. The van der Waals surface area contributed by atoms with Crippen LogP contribution in [-0.2, 0) is 27.0 Å². The third kappa shape index (κ3) is 5.66. The first-order chi connectivity index (χ1) is 19.7. The van der Waals surface area contributed by atoms with Crippen molar-refractivity contribution in [1.29, 1.82) is 0 Å². The minimum Gasteiger partial charge on any atom is -0.492 e. The first-order valence-corrected chi connectivity index (χ1v) is 14.8. The predicted octanol–water partition coefficient (Wildman–Crippen LogP) is 4.16. The van der Waals surface area contributed by atoms with E-state index in [2.05, 4.69) is 14.7 Å². The molecule has 0 atom stereocenters. The molecule has 3 aromatic heterocycles. The Labute approximate surface area is 237 Å². The van der Waals surface area contributed by atoms with Crippen LogP contribution in [0.5, 0.6) is 11.5 Å². The molecule has 0 aliphatic heterocycles. The van der Waals surface area contributed by atoms with Gasteiger partial charge in [0.15, 0.2) is 5.75 Å². The van der Waals surface area contributed by atoms with Gasteiger partial charge in [-0.15, -0.1) is 0 Å². The van der Waals surface area contributed by atoms with Crippen LogP contribution >= 0.6 is 0 Å². The summed E-state index contributed by atoms with van der Waals surface area (Å²) in [6.07, 6.45) is 6.52. The number of carbonyl (C=O) groups excluding carboxylic acids is 1. The number of aryl methyl sites for hydroxylation is 1. The number of nitrogens with one attached hydrogen (secondary N) is 2. The van der Waals surface area contributed by atoms with Crippen molar-refractivity contribution in [1.82, 2.24) is 19.3 Å². The highest BCUT2D eigenvalue weighted by molar-refractivity contribution is 7.89. The molecule has 0 unspecified atom stereocenters. The molecule has 5 rings (SSSR count). The van der Waals surface area contributed by atoms with Crippen molar-refractivity contribution in [3.8, 4) is 17.2 Å². The number of ether oxygens (including phenoxy) is 2. The van der Waals surface area contributed by atoms with E-state index in [9.17, 15) is 18.0 Å². The fourth-order valence-corrected chi connectivity index (χ4v) is 6.07. The topological polar surface area (TPSA) is 132 Å². The summed E-state index contributed by atoms with van der Waals surface area (Å²) < 4.78 is 41.1. The highest BCUT2D eigenvalue weighted by Crippen LogP contribution is 2.41. The Bertz CT molecular complexity index is 1910. The van der Waals surface area contributed by atoms with E-state index in [1.54, 1.807) is 62.0 Å². The van der Waals surface area contributed by atoms with E-state index in [0.29, 0.717) is 57.9 Å². The average molecular weight is 575 g/mol. The summed E-state index contributed by atoms with van der Waals surface area (Å²) >= 11 is 0. The van der Waals surface area contributed by atoms with Gasteiger partial charge in [0.25, 0.3) is 5.56 Å². The quantitative estimate of drug-likeness (QED) is 0.256. The molecule has 2 aromatic carbocycles. The van der Waals surface area contributed by atoms with Gasteiger partial charge in [-0.25, -0.2) is 8.42 Å². The second kappa shape index (κ2) is 11.5. The van der Waals surface area contributed by atoms with Crippen LogP contribution in [0, 0.1) is 6.92 Å². The zero-order chi connectivity index (χ0) is 29.1. The Balaban J connectivity index is 1.49. The zero-order valence-electron chi connectivity index (χ0n) is 22.9. The van der Waals surface area contributed by atoms with Crippen LogP contribution in [0.4, 0.5) is 0 Å². The summed E-state index contributed by atoms with van der Waals surface area (Å²) in [4.78, 5) is 33.3. The molecule has 0 radical (unpaired) electrons. The molecule has 0 bridgehead atoms. The van der Waals surface area contributed by atoms with Gasteiger partial charge in [0.1, 0.15) is 5.75 Å². The van der Waals surface area contributed by atoms with Crippen LogP contribution in [0.15, 0.2) is 72.0 Å². The molecule has 10 nitrogen and oxygen atoms in total. The van der Waals surface area contributed by atoms with Crippen LogP contribution < -0.4 is 19.8 Å². The van der Waals surface area contributed by atoms with E-state index >= 15 is 0 Å². The van der Waals surface area contributed by atoms with Crippen molar-refractivity contribution in [2.75, 3.05) is 13.2 Å². The van der Waals surface area contributed by atoms with E-state index in [1.807, 2.05) is 26.0 Å². The Morgan fingerprint density at radius 1 is 1.00 bits per heavy atom. The van der Waals surface area contributed by atoms with Gasteiger partial charge in [-0.05, 0) is 67.8 Å². The number of hydrogen-bond donors (Lipinski definition) is 2. The van der Waals surface area contributed by atoms with Gasteiger partial charge >= 0.3 is 0 Å². The van der Waals surface area contributed by atoms with Crippen molar-refractivity contribution in [3.05, 3.63) is 94.3 Å². The molecule has 0 fully saturated rings. The summed E-state index contributed by atoms with van der Waals surface area (Å²) in [5.41, 5.74) is 2.86. The second-order valence-corrected chi connectivity index (χ2v) is 11.2. The van der Waals surface area contributed by atoms with Crippen molar-refractivity contribution in [2.24, 2.45) is 0 Å². The third-order valence-electron chi connectivity index (χ3n) is 6.60. The third-order valence-corrected chi connectivity index (χ3v) is 7.85. The molecule has 0 aliphatic carbocycles. The number of carbonyl (C=O) groups is 1. The fourth-order valence-electron chi connectivity index (χ4n) is 4.96. The number of aromatic nitrogens is 3. The molecular weight excluding hydrogens is 544 g/mol. The predicted molar refractivity (Wildman–Crippen MR) is 157 cm³/mol. The van der Waals surface area contributed by atoms with Gasteiger partial charge in [0, 0.05) is 30.2 Å². The maximum atomic E-state index is 13.8. The number of amides is 1. The van der Waals surface area contributed by atoms with Crippen LogP contribution in [0.25, 0.3) is 27.4 Å². The van der Waals surface area contributed by atoms with Gasteiger partial charge in [-0.2, -0.15) is 0 Å². The number of sulfonamides is 1. The first kappa shape index (κ1) is 27.9. The van der Waals surface area contributed by atoms with Crippen LogP contribution in [0.3, 0.4) is 0 Å². The smallest absolute Gasteiger partial charge is 0.266 e. The molecule has 0 saturated carbocycles. The molecule has 41 heavy (non-hydrogen) atoms. The number of nitrogens with zero attached hydrogens (tertiary/aromatic N) is 2. The fraction of sp³-hybridized carbons (Fsp3) is 0.233. The number of pyridine rings is 2. The summed E-state index contributed by atoms with van der Waals surface area (Å²) in [5.74, 6) is 0.0160. The molecular formula is C30H30N4O6S. The number of H-pyrrole nitrogens is 1. The molecule has 2 N–H and O–H groups in total. The maximum Gasteiger partial charge on any atom is 0.266 e. The van der Waals surface area contributed by atoms with Crippen molar-refractivity contribution < 1.29 is 22.7 Å².